The van der Waals surface area contributed by atoms with Crippen LogP contribution in [-0.2, 0) is 14.6 Å². The molecule has 2 saturated heterocycles. The molecular formula is C17H24N2O3S. The molecule has 0 unspecified atom stereocenters. The van der Waals surface area contributed by atoms with Crippen molar-refractivity contribution in [2.45, 2.75) is 31.3 Å². The number of likely N-dealkylation sites (tertiary alicyclic amines) is 1. The maximum Gasteiger partial charge on any atom is 0.237 e. The number of carbonyl (C=O) groups excluding carboxylic acids is 1. The van der Waals surface area contributed by atoms with Gasteiger partial charge in [-0.05, 0) is 31.9 Å². The van der Waals surface area contributed by atoms with Gasteiger partial charge in [0.1, 0.15) is 0 Å². The Morgan fingerprint density at radius 2 is 2.00 bits per heavy atom. The van der Waals surface area contributed by atoms with Crippen molar-refractivity contribution in [3.8, 4) is 0 Å². The summed E-state index contributed by atoms with van der Waals surface area (Å²) < 4.78 is 23.2. The summed E-state index contributed by atoms with van der Waals surface area (Å²) in [6.07, 6.45) is 2.65. The van der Waals surface area contributed by atoms with Crippen LogP contribution in [-0.4, -0.2) is 61.8 Å². The van der Waals surface area contributed by atoms with Gasteiger partial charge in [0.15, 0.2) is 9.84 Å². The van der Waals surface area contributed by atoms with Crippen LogP contribution in [0.3, 0.4) is 0 Å². The average molecular weight is 336 g/mol. The van der Waals surface area contributed by atoms with Gasteiger partial charge in [-0.15, -0.1) is 0 Å². The topological polar surface area (TPSA) is 57.7 Å². The van der Waals surface area contributed by atoms with Gasteiger partial charge < -0.3 is 4.90 Å². The Labute approximate surface area is 138 Å². The number of likely N-dealkylation sites (N-methyl/N-ethyl adjacent to an activating group) is 1. The average Bonchev–Trinajstić information content (AvgIpc) is 3.14. The quantitative estimate of drug-likeness (QED) is 0.835. The normalized spacial score (nSPS) is 26.8. The van der Waals surface area contributed by atoms with E-state index in [4.69, 9.17) is 0 Å². The molecule has 2 fully saturated rings. The van der Waals surface area contributed by atoms with Gasteiger partial charge in [-0.1, -0.05) is 30.3 Å². The molecule has 5 nitrogen and oxygen atoms in total. The lowest BCUT2D eigenvalue weighted by Gasteiger charge is -2.29. The fraction of sp³-hybridized carbons (Fsp3) is 0.588. The lowest BCUT2D eigenvalue weighted by atomic mass is 10.0. The number of carbonyl (C=O) groups is 1. The Kier molecular flexibility index (Phi) is 4.73. The van der Waals surface area contributed by atoms with E-state index in [0.29, 0.717) is 13.0 Å². The second-order valence-electron chi connectivity index (χ2n) is 6.63. The molecule has 0 radical (unpaired) electrons. The maximum atomic E-state index is 12.7. The number of hydrogen-bond donors (Lipinski definition) is 0. The van der Waals surface area contributed by atoms with E-state index in [2.05, 4.69) is 12.1 Å². The molecule has 0 aliphatic carbocycles. The molecule has 1 amide bonds. The first kappa shape index (κ1) is 16.5. The third kappa shape index (κ3) is 3.75. The van der Waals surface area contributed by atoms with E-state index in [0.717, 1.165) is 19.4 Å². The minimum atomic E-state index is -2.92. The fourth-order valence-electron chi connectivity index (χ4n) is 3.64. The summed E-state index contributed by atoms with van der Waals surface area (Å²) in [5, 5.41) is 0. The van der Waals surface area contributed by atoms with Gasteiger partial charge >= 0.3 is 0 Å². The molecular weight excluding hydrogens is 312 g/mol. The van der Waals surface area contributed by atoms with Gasteiger partial charge in [0.2, 0.25) is 5.91 Å². The SMILES string of the molecule is CN(CC(=O)N1CCC[C@H]1c1ccccc1)[C@H]1CCS(=O)(=O)C1. The van der Waals surface area contributed by atoms with Crippen LogP contribution >= 0.6 is 0 Å². The minimum Gasteiger partial charge on any atom is -0.335 e. The second-order valence-corrected chi connectivity index (χ2v) is 8.86. The zero-order valence-corrected chi connectivity index (χ0v) is 14.3. The molecule has 2 atom stereocenters. The molecule has 1 aromatic carbocycles. The lowest BCUT2D eigenvalue weighted by molar-refractivity contribution is -0.133. The van der Waals surface area contributed by atoms with E-state index in [1.54, 1.807) is 0 Å². The molecule has 23 heavy (non-hydrogen) atoms. The van der Waals surface area contributed by atoms with Crippen molar-refractivity contribution in [1.82, 2.24) is 9.80 Å². The molecule has 2 aliphatic rings. The van der Waals surface area contributed by atoms with Crippen LogP contribution in [0.1, 0.15) is 30.9 Å². The molecule has 6 heteroatoms. The molecule has 0 aromatic heterocycles. The summed E-state index contributed by atoms with van der Waals surface area (Å²) in [4.78, 5) is 16.6. The number of benzene rings is 1. The lowest BCUT2D eigenvalue weighted by Crippen LogP contribution is -2.43. The number of hydrogen-bond acceptors (Lipinski definition) is 4. The standard InChI is InChI=1S/C17H24N2O3S/c1-18(15-9-11-23(21,22)13-15)12-17(20)19-10-5-8-16(19)14-6-3-2-4-7-14/h2-4,6-7,15-16H,5,8-13H2,1H3/t15-,16-/m0/s1. The highest BCUT2D eigenvalue weighted by atomic mass is 32.2. The van der Waals surface area contributed by atoms with Crippen molar-refractivity contribution < 1.29 is 13.2 Å². The van der Waals surface area contributed by atoms with Crippen molar-refractivity contribution >= 4 is 15.7 Å². The van der Waals surface area contributed by atoms with Crippen molar-refractivity contribution in [2.24, 2.45) is 0 Å². The molecule has 0 spiro atoms. The summed E-state index contributed by atoms with van der Waals surface area (Å²) >= 11 is 0. The number of rotatable bonds is 4. The summed E-state index contributed by atoms with van der Waals surface area (Å²) in [5.74, 6) is 0.522. The van der Waals surface area contributed by atoms with Gasteiger partial charge in [-0.3, -0.25) is 9.69 Å². The second kappa shape index (κ2) is 6.61. The first-order chi connectivity index (χ1) is 11.0. The predicted molar refractivity (Wildman–Crippen MR) is 89.8 cm³/mol. The molecule has 1 aromatic rings. The van der Waals surface area contributed by atoms with Crippen LogP contribution in [0.25, 0.3) is 0 Å². The van der Waals surface area contributed by atoms with Crippen molar-refractivity contribution in [3.05, 3.63) is 35.9 Å². The fourth-order valence-corrected chi connectivity index (χ4v) is 5.45. The number of nitrogens with zero attached hydrogens (tertiary/aromatic N) is 2. The van der Waals surface area contributed by atoms with Crippen LogP contribution in [0.15, 0.2) is 30.3 Å². The summed E-state index contributed by atoms with van der Waals surface area (Å²) in [5.41, 5.74) is 1.18. The van der Waals surface area contributed by atoms with Gasteiger partial charge in [-0.25, -0.2) is 8.42 Å². The van der Waals surface area contributed by atoms with Crippen molar-refractivity contribution in [3.63, 3.8) is 0 Å². The smallest absolute Gasteiger partial charge is 0.237 e. The molecule has 2 heterocycles. The molecule has 0 bridgehead atoms. The Bertz CT molecular complexity index is 660. The van der Waals surface area contributed by atoms with E-state index >= 15 is 0 Å². The molecule has 2 aliphatic heterocycles. The minimum absolute atomic E-state index is 0.0262. The third-order valence-electron chi connectivity index (χ3n) is 4.97. The largest absolute Gasteiger partial charge is 0.335 e. The van der Waals surface area contributed by atoms with Crippen LogP contribution in [0.2, 0.25) is 0 Å². The van der Waals surface area contributed by atoms with Crippen LogP contribution < -0.4 is 0 Å². The highest BCUT2D eigenvalue weighted by Crippen LogP contribution is 2.32. The highest BCUT2D eigenvalue weighted by molar-refractivity contribution is 7.91. The molecule has 126 valence electrons. The Balaban J connectivity index is 1.63. The first-order valence-electron chi connectivity index (χ1n) is 8.21. The number of amides is 1. The summed E-state index contributed by atoms with van der Waals surface area (Å²) in [6, 6.07) is 10.3. The van der Waals surface area contributed by atoms with Crippen molar-refractivity contribution in [1.29, 1.82) is 0 Å². The summed E-state index contributed by atoms with van der Waals surface area (Å²) in [6.45, 7) is 1.08. The Morgan fingerprint density at radius 3 is 2.65 bits per heavy atom. The molecule has 3 rings (SSSR count). The van der Waals surface area contributed by atoms with E-state index in [9.17, 15) is 13.2 Å². The summed E-state index contributed by atoms with van der Waals surface area (Å²) in [7, 11) is -1.06. The van der Waals surface area contributed by atoms with Crippen LogP contribution in [0, 0.1) is 0 Å². The highest BCUT2D eigenvalue weighted by Gasteiger charge is 2.34. The zero-order valence-electron chi connectivity index (χ0n) is 13.5. The van der Waals surface area contributed by atoms with Gasteiger partial charge in [0.05, 0.1) is 24.1 Å². The van der Waals surface area contributed by atoms with E-state index in [1.165, 1.54) is 5.56 Å². The van der Waals surface area contributed by atoms with Crippen molar-refractivity contribution in [2.75, 3.05) is 31.6 Å². The Morgan fingerprint density at radius 1 is 1.26 bits per heavy atom. The van der Waals surface area contributed by atoms with E-state index in [1.807, 2.05) is 35.0 Å². The Hall–Kier alpha value is -1.40. The van der Waals surface area contributed by atoms with Gasteiger partial charge in [0.25, 0.3) is 0 Å². The predicted octanol–water partition coefficient (Wildman–Crippen LogP) is 1.47. The van der Waals surface area contributed by atoms with E-state index < -0.39 is 9.84 Å². The third-order valence-corrected chi connectivity index (χ3v) is 6.72. The van der Waals surface area contributed by atoms with Crippen LogP contribution in [0.4, 0.5) is 0 Å². The van der Waals surface area contributed by atoms with Crippen LogP contribution in [0.5, 0.6) is 0 Å². The monoisotopic (exact) mass is 336 g/mol. The number of sulfone groups is 1. The van der Waals surface area contributed by atoms with Gasteiger partial charge in [0, 0.05) is 12.6 Å². The first-order valence-corrected chi connectivity index (χ1v) is 10.0. The van der Waals surface area contributed by atoms with E-state index in [-0.39, 0.29) is 29.5 Å². The maximum absolute atomic E-state index is 12.7. The molecule has 0 N–H and O–H groups in total. The van der Waals surface area contributed by atoms with Gasteiger partial charge in [-0.2, -0.15) is 0 Å². The zero-order chi connectivity index (χ0) is 16.4. The molecule has 0 saturated carbocycles.